The minimum absolute atomic E-state index is 0.233. The number of fused-ring (bicyclic) bond motifs is 1. The molecule has 4 heteroatoms. The van der Waals surface area contributed by atoms with Crippen molar-refractivity contribution in [2.24, 2.45) is 5.92 Å². The summed E-state index contributed by atoms with van der Waals surface area (Å²) in [7, 11) is 0. The van der Waals surface area contributed by atoms with Crippen LogP contribution in [0.4, 0.5) is 10.5 Å². The van der Waals surface area contributed by atoms with Crippen molar-refractivity contribution >= 4 is 23.1 Å². The van der Waals surface area contributed by atoms with Gasteiger partial charge in [-0.25, -0.2) is 4.79 Å². The van der Waals surface area contributed by atoms with Crippen LogP contribution in [-0.2, 0) is 11.2 Å². The van der Waals surface area contributed by atoms with Gasteiger partial charge in [0.2, 0.25) is 0 Å². The topological polar surface area (TPSA) is 29.5 Å². The van der Waals surface area contributed by atoms with E-state index in [2.05, 4.69) is 6.92 Å². The molecule has 0 aromatic carbocycles. The van der Waals surface area contributed by atoms with E-state index in [1.165, 1.54) is 4.88 Å². The Morgan fingerprint density at radius 3 is 2.88 bits per heavy atom. The Morgan fingerprint density at radius 2 is 2.24 bits per heavy atom. The Morgan fingerprint density at radius 1 is 1.53 bits per heavy atom. The maximum absolute atomic E-state index is 12.1. The Bertz CT molecular complexity index is 419. The maximum Gasteiger partial charge on any atom is 0.414 e. The summed E-state index contributed by atoms with van der Waals surface area (Å²) in [4.78, 5) is 15.2. The minimum Gasteiger partial charge on any atom is -0.443 e. The molecular formula is C13H19NO2S. The average Bonchev–Trinajstić information content (AvgIpc) is 2.60. The van der Waals surface area contributed by atoms with Gasteiger partial charge >= 0.3 is 6.09 Å². The van der Waals surface area contributed by atoms with Crippen molar-refractivity contribution < 1.29 is 9.53 Å². The van der Waals surface area contributed by atoms with Gasteiger partial charge in [-0.2, -0.15) is 0 Å². The first-order valence-electron chi connectivity index (χ1n) is 5.94. The van der Waals surface area contributed by atoms with Gasteiger partial charge < -0.3 is 4.74 Å². The zero-order valence-corrected chi connectivity index (χ0v) is 11.6. The molecule has 0 bridgehead atoms. The molecule has 0 saturated heterocycles. The van der Waals surface area contributed by atoms with E-state index < -0.39 is 5.60 Å². The van der Waals surface area contributed by atoms with Crippen LogP contribution in [0.25, 0.3) is 0 Å². The SMILES string of the molecule is CC1Cc2sccc2N(C(=O)OC(C)(C)C)C1. The lowest BCUT2D eigenvalue weighted by Gasteiger charge is -2.32. The molecule has 1 aromatic rings. The summed E-state index contributed by atoms with van der Waals surface area (Å²) >= 11 is 1.72. The van der Waals surface area contributed by atoms with Crippen LogP contribution >= 0.6 is 11.3 Å². The zero-order valence-electron chi connectivity index (χ0n) is 10.8. The van der Waals surface area contributed by atoms with Gasteiger partial charge in [-0.15, -0.1) is 11.3 Å². The zero-order chi connectivity index (χ0) is 12.6. The van der Waals surface area contributed by atoms with E-state index in [1.807, 2.05) is 32.2 Å². The Labute approximate surface area is 106 Å². The van der Waals surface area contributed by atoms with Crippen LogP contribution in [0.15, 0.2) is 11.4 Å². The molecule has 2 rings (SSSR count). The molecule has 0 fully saturated rings. The molecule has 94 valence electrons. The number of hydrogen-bond donors (Lipinski definition) is 0. The van der Waals surface area contributed by atoms with Crippen LogP contribution in [0.5, 0.6) is 0 Å². The highest BCUT2D eigenvalue weighted by atomic mass is 32.1. The van der Waals surface area contributed by atoms with Crippen molar-refractivity contribution in [3.05, 3.63) is 16.3 Å². The standard InChI is InChI=1S/C13H19NO2S/c1-9-7-11-10(5-6-17-11)14(8-9)12(15)16-13(2,3)4/h5-6,9H,7-8H2,1-4H3. The van der Waals surface area contributed by atoms with Gasteiger partial charge in [0.1, 0.15) is 5.60 Å². The van der Waals surface area contributed by atoms with Crippen LogP contribution in [0.1, 0.15) is 32.6 Å². The van der Waals surface area contributed by atoms with Crippen molar-refractivity contribution in [2.45, 2.75) is 39.7 Å². The summed E-state index contributed by atoms with van der Waals surface area (Å²) in [6.45, 7) is 8.60. The number of amides is 1. The number of ether oxygens (including phenoxy) is 1. The lowest BCUT2D eigenvalue weighted by Crippen LogP contribution is -2.41. The van der Waals surface area contributed by atoms with Crippen molar-refractivity contribution in [3.8, 4) is 0 Å². The molecule has 17 heavy (non-hydrogen) atoms. The highest BCUT2D eigenvalue weighted by Gasteiger charge is 2.30. The quantitative estimate of drug-likeness (QED) is 0.706. The normalized spacial score (nSPS) is 20.0. The second kappa shape index (κ2) is 4.33. The van der Waals surface area contributed by atoms with Gasteiger partial charge in [-0.3, -0.25) is 4.90 Å². The average molecular weight is 253 g/mol. The first-order chi connectivity index (χ1) is 7.87. The fourth-order valence-electron chi connectivity index (χ4n) is 2.01. The number of rotatable bonds is 0. The van der Waals surface area contributed by atoms with Crippen molar-refractivity contribution in [3.63, 3.8) is 0 Å². The smallest absolute Gasteiger partial charge is 0.414 e. The second-order valence-electron chi connectivity index (χ2n) is 5.63. The Hall–Kier alpha value is -1.03. The molecule has 1 amide bonds. The third-order valence-electron chi connectivity index (χ3n) is 2.65. The lowest BCUT2D eigenvalue weighted by atomic mass is 10.0. The molecule has 1 aromatic heterocycles. The first-order valence-corrected chi connectivity index (χ1v) is 6.81. The highest BCUT2D eigenvalue weighted by Crippen LogP contribution is 2.34. The maximum atomic E-state index is 12.1. The van der Waals surface area contributed by atoms with Crippen LogP contribution in [0.3, 0.4) is 0 Å². The molecular weight excluding hydrogens is 234 g/mol. The number of carbonyl (C=O) groups excluding carboxylic acids is 1. The number of thiophene rings is 1. The third kappa shape index (κ3) is 2.80. The van der Waals surface area contributed by atoms with E-state index in [0.29, 0.717) is 5.92 Å². The number of hydrogen-bond acceptors (Lipinski definition) is 3. The summed E-state index contributed by atoms with van der Waals surface area (Å²) < 4.78 is 5.44. The van der Waals surface area contributed by atoms with Gasteiger partial charge in [-0.1, -0.05) is 6.92 Å². The predicted molar refractivity (Wildman–Crippen MR) is 70.8 cm³/mol. The molecule has 3 nitrogen and oxygen atoms in total. The number of nitrogens with zero attached hydrogens (tertiary/aromatic N) is 1. The summed E-state index contributed by atoms with van der Waals surface area (Å²) in [6.07, 6.45) is 0.829. The van der Waals surface area contributed by atoms with E-state index in [1.54, 1.807) is 16.2 Å². The van der Waals surface area contributed by atoms with E-state index in [9.17, 15) is 4.79 Å². The Kier molecular flexibility index (Phi) is 3.17. The first kappa shape index (κ1) is 12.4. The molecule has 1 aliphatic rings. The summed E-state index contributed by atoms with van der Waals surface area (Å²) in [5, 5.41) is 2.04. The molecule has 2 heterocycles. The summed E-state index contributed by atoms with van der Waals surface area (Å²) in [6, 6.07) is 2.01. The molecule has 0 spiro atoms. The van der Waals surface area contributed by atoms with E-state index in [0.717, 1.165) is 18.7 Å². The van der Waals surface area contributed by atoms with Crippen LogP contribution in [0.2, 0.25) is 0 Å². The largest absolute Gasteiger partial charge is 0.443 e. The lowest BCUT2D eigenvalue weighted by molar-refractivity contribution is 0.0572. The fourth-order valence-corrected chi connectivity index (χ4v) is 3.05. The predicted octanol–water partition coefficient (Wildman–Crippen LogP) is 3.68. The minimum atomic E-state index is -0.437. The van der Waals surface area contributed by atoms with Crippen molar-refractivity contribution in [2.75, 3.05) is 11.4 Å². The van der Waals surface area contributed by atoms with E-state index >= 15 is 0 Å². The summed E-state index contributed by atoms with van der Waals surface area (Å²) in [5.74, 6) is 0.494. The van der Waals surface area contributed by atoms with Gasteiger partial charge in [0.25, 0.3) is 0 Å². The Balaban J connectivity index is 2.20. The molecule has 1 unspecified atom stereocenters. The third-order valence-corrected chi connectivity index (χ3v) is 3.59. The second-order valence-corrected chi connectivity index (χ2v) is 6.63. The molecule has 1 atom stereocenters. The van der Waals surface area contributed by atoms with Crippen LogP contribution in [-0.4, -0.2) is 18.2 Å². The van der Waals surface area contributed by atoms with Crippen LogP contribution in [0, 0.1) is 5.92 Å². The van der Waals surface area contributed by atoms with E-state index in [4.69, 9.17) is 4.74 Å². The highest BCUT2D eigenvalue weighted by molar-refractivity contribution is 7.10. The van der Waals surface area contributed by atoms with Gasteiger partial charge in [0.05, 0.1) is 5.69 Å². The number of carbonyl (C=O) groups is 1. The summed E-state index contributed by atoms with van der Waals surface area (Å²) in [5.41, 5.74) is 0.593. The van der Waals surface area contributed by atoms with Gasteiger partial charge in [0.15, 0.2) is 0 Å². The number of anilines is 1. The monoisotopic (exact) mass is 253 g/mol. The van der Waals surface area contributed by atoms with Crippen LogP contribution < -0.4 is 4.90 Å². The fraction of sp³-hybridized carbons (Fsp3) is 0.615. The van der Waals surface area contributed by atoms with Crippen molar-refractivity contribution in [1.82, 2.24) is 0 Å². The molecule has 0 aliphatic carbocycles. The van der Waals surface area contributed by atoms with Gasteiger partial charge in [0, 0.05) is 11.4 Å². The molecule has 0 radical (unpaired) electrons. The van der Waals surface area contributed by atoms with Gasteiger partial charge in [-0.05, 0) is 44.6 Å². The molecule has 0 N–H and O–H groups in total. The van der Waals surface area contributed by atoms with Crippen molar-refractivity contribution in [1.29, 1.82) is 0 Å². The molecule has 1 aliphatic heterocycles. The molecule has 0 saturated carbocycles. The van der Waals surface area contributed by atoms with E-state index in [-0.39, 0.29) is 6.09 Å².